The number of amides is 1. The molecule has 2 unspecified atom stereocenters. The minimum atomic E-state index is -0.246. The Hall–Kier alpha value is -1.09. The lowest BCUT2D eigenvalue weighted by Crippen LogP contribution is -2.51. The maximum absolute atomic E-state index is 14.1. The van der Waals surface area contributed by atoms with Gasteiger partial charge in [-0.3, -0.25) is 9.79 Å². The minimum absolute atomic E-state index is 0. The molecule has 2 aliphatic rings. The molecule has 5 nitrogen and oxygen atoms in total. The molecule has 1 saturated carbocycles. The van der Waals surface area contributed by atoms with Crippen molar-refractivity contribution in [3.63, 3.8) is 0 Å². The van der Waals surface area contributed by atoms with E-state index in [-0.39, 0.29) is 53.7 Å². The number of nitrogens with one attached hydrogen (secondary N) is 2. The van der Waals surface area contributed by atoms with Gasteiger partial charge in [-0.05, 0) is 44.2 Å². The second-order valence-electron chi connectivity index (χ2n) is 8.06. The van der Waals surface area contributed by atoms with Crippen LogP contribution in [0.3, 0.4) is 0 Å². The third-order valence-electron chi connectivity index (χ3n) is 6.19. The van der Waals surface area contributed by atoms with Gasteiger partial charge in [0, 0.05) is 54.6 Å². The van der Waals surface area contributed by atoms with E-state index in [1.54, 1.807) is 19.2 Å². The van der Waals surface area contributed by atoms with Gasteiger partial charge in [0.05, 0.1) is 0 Å². The fraction of sp³-hybridized carbons (Fsp3) is 0.636. The molecule has 3 rings (SSSR count). The van der Waals surface area contributed by atoms with Gasteiger partial charge >= 0.3 is 0 Å². The Bertz CT molecular complexity index is 730. The molecule has 0 radical (unpaired) electrons. The second-order valence-corrected chi connectivity index (χ2v) is 8.47. The quantitative estimate of drug-likeness (QED) is 0.311. The monoisotopic (exact) mass is 550 g/mol. The Labute approximate surface area is 201 Å². The van der Waals surface area contributed by atoms with Gasteiger partial charge in [0.1, 0.15) is 5.82 Å². The maximum Gasteiger partial charge on any atom is 0.225 e. The summed E-state index contributed by atoms with van der Waals surface area (Å²) in [4.78, 5) is 18.9. The van der Waals surface area contributed by atoms with Crippen molar-refractivity contribution in [3.05, 3.63) is 34.6 Å². The Balaban J connectivity index is 0.00000320. The lowest BCUT2D eigenvalue weighted by Gasteiger charge is -2.35. The average molecular weight is 551 g/mol. The maximum atomic E-state index is 14.1. The molecule has 0 aromatic heterocycles. The molecule has 0 bridgehead atoms. The van der Waals surface area contributed by atoms with E-state index in [9.17, 15) is 9.18 Å². The second kappa shape index (κ2) is 11.5. The van der Waals surface area contributed by atoms with Gasteiger partial charge in [0.15, 0.2) is 5.96 Å². The van der Waals surface area contributed by atoms with Gasteiger partial charge in [0.25, 0.3) is 0 Å². The Morgan fingerprint density at radius 1 is 1.27 bits per heavy atom. The largest absolute Gasteiger partial charge is 0.354 e. The van der Waals surface area contributed by atoms with Crippen molar-refractivity contribution >= 4 is 47.4 Å². The van der Waals surface area contributed by atoms with Crippen LogP contribution >= 0.6 is 35.6 Å². The summed E-state index contributed by atoms with van der Waals surface area (Å²) in [5.41, 5.74) is 0.593. The Kier molecular flexibility index (Phi) is 9.66. The van der Waals surface area contributed by atoms with Crippen molar-refractivity contribution in [2.75, 3.05) is 20.1 Å². The van der Waals surface area contributed by atoms with E-state index in [1.165, 1.54) is 6.07 Å². The third-order valence-corrected chi connectivity index (χ3v) is 6.52. The molecular weight excluding hydrogens is 518 g/mol. The van der Waals surface area contributed by atoms with Crippen LogP contribution in [0.5, 0.6) is 0 Å². The number of carbonyl (C=O) groups excluding carboxylic acids is 1. The van der Waals surface area contributed by atoms with Gasteiger partial charge in [-0.25, -0.2) is 4.39 Å². The van der Waals surface area contributed by atoms with Crippen LogP contribution in [0.15, 0.2) is 23.2 Å². The number of hydrogen-bond donors (Lipinski definition) is 2. The number of rotatable bonds is 6. The molecule has 2 atom stereocenters. The number of guanidine groups is 1. The van der Waals surface area contributed by atoms with E-state index in [1.807, 2.05) is 4.90 Å². The van der Waals surface area contributed by atoms with Gasteiger partial charge in [-0.1, -0.05) is 31.5 Å². The zero-order valence-corrected chi connectivity index (χ0v) is 21.0. The van der Waals surface area contributed by atoms with Crippen LogP contribution in [0.2, 0.25) is 5.02 Å². The molecule has 1 aromatic carbocycles. The lowest BCUT2D eigenvalue weighted by atomic mass is 9.98. The first-order valence-corrected chi connectivity index (χ1v) is 11.1. The molecule has 0 spiro atoms. The summed E-state index contributed by atoms with van der Waals surface area (Å²) < 4.78 is 14.1. The summed E-state index contributed by atoms with van der Waals surface area (Å²) in [7, 11) is 1.74. The number of benzene rings is 1. The van der Waals surface area contributed by atoms with E-state index in [0.29, 0.717) is 16.5 Å². The SMILES string of the molecule is CCC(CC)C(=O)N1CCC(NC(=NC)NC2CC2c2c(F)cccc2Cl)CC1.I. The van der Waals surface area contributed by atoms with Crippen LogP contribution < -0.4 is 10.6 Å². The number of likely N-dealkylation sites (tertiary alicyclic amines) is 1. The molecule has 8 heteroatoms. The number of aliphatic imine (C=N–C) groups is 1. The zero-order valence-electron chi connectivity index (χ0n) is 18.0. The molecule has 30 heavy (non-hydrogen) atoms. The van der Waals surface area contributed by atoms with E-state index in [2.05, 4.69) is 29.5 Å². The van der Waals surface area contributed by atoms with Crippen molar-refractivity contribution in [2.24, 2.45) is 10.9 Å². The normalized spacial score (nSPS) is 21.9. The van der Waals surface area contributed by atoms with Gasteiger partial charge in [0.2, 0.25) is 5.91 Å². The van der Waals surface area contributed by atoms with Crippen molar-refractivity contribution in [1.29, 1.82) is 0 Å². The molecule has 1 saturated heterocycles. The summed E-state index contributed by atoms with van der Waals surface area (Å²) >= 11 is 6.19. The first-order valence-electron chi connectivity index (χ1n) is 10.7. The van der Waals surface area contributed by atoms with Gasteiger partial charge < -0.3 is 15.5 Å². The number of nitrogens with zero attached hydrogens (tertiary/aromatic N) is 2. The number of piperidine rings is 1. The minimum Gasteiger partial charge on any atom is -0.354 e. The molecular formula is C22H33ClFIN4O. The van der Waals surface area contributed by atoms with E-state index in [4.69, 9.17) is 11.6 Å². The molecule has 1 aliphatic carbocycles. The van der Waals surface area contributed by atoms with Gasteiger partial charge in [-0.15, -0.1) is 24.0 Å². The molecule has 1 heterocycles. The van der Waals surface area contributed by atoms with Crippen molar-refractivity contribution in [2.45, 2.75) is 64.0 Å². The fourth-order valence-electron chi connectivity index (χ4n) is 4.22. The topological polar surface area (TPSA) is 56.7 Å². The molecule has 2 fully saturated rings. The van der Waals surface area contributed by atoms with E-state index in [0.717, 1.165) is 51.2 Å². The summed E-state index contributed by atoms with van der Waals surface area (Å²) in [6.45, 7) is 5.72. The Morgan fingerprint density at radius 3 is 2.50 bits per heavy atom. The van der Waals surface area contributed by atoms with Crippen LogP contribution in [-0.2, 0) is 4.79 Å². The summed E-state index contributed by atoms with van der Waals surface area (Å²) in [6.07, 6.45) is 4.45. The number of carbonyl (C=O) groups is 1. The highest BCUT2D eigenvalue weighted by molar-refractivity contribution is 14.0. The van der Waals surface area contributed by atoms with Crippen molar-refractivity contribution in [3.8, 4) is 0 Å². The van der Waals surface area contributed by atoms with Crippen LogP contribution in [-0.4, -0.2) is 49.0 Å². The van der Waals surface area contributed by atoms with Crippen molar-refractivity contribution < 1.29 is 9.18 Å². The first-order chi connectivity index (χ1) is 14.0. The predicted molar refractivity (Wildman–Crippen MR) is 131 cm³/mol. The zero-order chi connectivity index (χ0) is 21.0. The number of hydrogen-bond acceptors (Lipinski definition) is 2. The summed E-state index contributed by atoms with van der Waals surface area (Å²) in [5, 5.41) is 7.35. The van der Waals surface area contributed by atoms with Crippen molar-refractivity contribution in [1.82, 2.24) is 15.5 Å². The summed E-state index contributed by atoms with van der Waals surface area (Å²) in [6, 6.07) is 5.24. The molecule has 168 valence electrons. The molecule has 2 N–H and O–H groups in total. The molecule has 1 aromatic rings. The van der Waals surface area contributed by atoms with Crippen LogP contribution in [0.1, 0.15) is 57.4 Å². The standard InChI is InChI=1S/C22H32ClFN4O.HI/c1-4-14(5-2)21(29)28-11-9-15(10-12-28)26-22(25-3)27-19-13-16(19)20-17(23)7-6-8-18(20)24;/h6-8,14-16,19H,4-5,9-13H2,1-3H3,(H2,25,26,27);1H. The molecule has 1 aliphatic heterocycles. The highest BCUT2D eigenvalue weighted by Gasteiger charge is 2.42. The van der Waals surface area contributed by atoms with Gasteiger partial charge in [-0.2, -0.15) is 0 Å². The van der Waals surface area contributed by atoms with E-state index < -0.39 is 0 Å². The first kappa shape index (κ1) is 25.2. The highest BCUT2D eigenvalue weighted by atomic mass is 127. The van der Waals surface area contributed by atoms with Crippen LogP contribution in [0, 0.1) is 11.7 Å². The molecule has 1 amide bonds. The Morgan fingerprint density at radius 2 is 1.93 bits per heavy atom. The summed E-state index contributed by atoms with van der Waals surface area (Å²) in [5.74, 6) is 0.991. The van der Waals surface area contributed by atoms with Crippen LogP contribution in [0.25, 0.3) is 0 Å². The highest BCUT2D eigenvalue weighted by Crippen LogP contribution is 2.44. The average Bonchev–Trinajstić information content (AvgIpc) is 3.47. The lowest BCUT2D eigenvalue weighted by molar-refractivity contribution is -0.136. The predicted octanol–water partition coefficient (Wildman–Crippen LogP) is 4.55. The third kappa shape index (κ3) is 5.99. The van der Waals surface area contributed by atoms with Crippen LogP contribution in [0.4, 0.5) is 4.39 Å². The number of halogens is 3. The fourth-order valence-corrected chi connectivity index (χ4v) is 4.52. The van der Waals surface area contributed by atoms with E-state index >= 15 is 0 Å². The smallest absolute Gasteiger partial charge is 0.225 e.